The van der Waals surface area contributed by atoms with Gasteiger partial charge in [-0.05, 0) is 30.2 Å². The molecular weight excluding hydrogens is 267 g/mol. The first-order valence-corrected chi connectivity index (χ1v) is 5.53. The molecule has 92 valence electrons. The number of carbonyl (C=O) groups is 2. The summed E-state index contributed by atoms with van der Waals surface area (Å²) in [5, 5.41) is 18.3. The molecule has 2 N–H and O–H groups in total. The highest BCUT2D eigenvalue weighted by molar-refractivity contribution is 6.34. The van der Waals surface area contributed by atoms with Crippen LogP contribution in [0.5, 0.6) is 0 Å². The molecule has 1 rings (SSSR count). The van der Waals surface area contributed by atoms with Crippen molar-refractivity contribution in [3.63, 3.8) is 0 Å². The summed E-state index contributed by atoms with van der Waals surface area (Å²) in [5.74, 6) is -3.28. The van der Waals surface area contributed by atoms with Crippen molar-refractivity contribution in [2.75, 3.05) is 0 Å². The van der Waals surface area contributed by atoms with Gasteiger partial charge in [-0.2, -0.15) is 0 Å². The normalized spacial score (nSPS) is 12.1. The minimum Gasteiger partial charge on any atom is -0.481 e. The van der Waals surface area contributed by atoms with E-state index in [1.807, 2.05) is 0 Å². The Morgan fingerprint density at radius 2 is 1.65 bits per heavy atom. The van der Waals surface area contributed by atoms with Gasteiger partial charge >= 0.3 is 11.9 Å². The lowest BCUT2D eigenvalue weighted by molar-refractivity contribution is -0.148. The number of carboxylic acids is 2. The van der Waals surface area contributed by atoms with Crippen LogP contribution in [0.1, 0.15) is 12.0 Å². The van der Waals surface area contributed by atoms with Crippen LogP contribution in [0.15, 0.2) is 18.2 Å². The second-order valence-corrected chi connectivity index (χ2v) is 4.49. The van der Waals surface area contributed by atoms with Crippen molar-refractivity contribution in [3.8, 4) is 0 Å². The topological polar surface area (TPSA) is 74.6 Å². The van der Waals surface area contributed by atoms with Gasteiger partial charge in [-0.25, -0.2) is 0 Å². The van der Waals surface area contributed by atoms with Gasteiger partial charge in [-0.3, -0.25) is 9.59 Å². The number of hydrogen-bond acceptors (Lipinski definition) is 2. The van der Waals surface area contributed by atoms with Crippen LogP contribution in [0.4, 0.5) is 0 Å². The molecule has 0 saturated carbocycles. The van der Waals surface area contributed by atoms with E-state index in [9.17, 15) is 9.59 Å². The van der Waals surface area contributed by atoms with Gasteiger partial charge in [0.2, 0.25) is 0 Å². The van der Waals surface area contributed by atoms with Gasteiger partial charge in [0.25, 0.3) is 0 Å². The van der Waals surface area contributed by atoms with Crippen LogP contribution >= 0.6 is 23.2 Å². The third-order valence-electron chi connectivity index (χ3n) is 2.17. The van der Waals surface area contributed by atoms with E-state index in [2.05, 4.69) is 0 Å². The van der Waals surface area contributed by atoms with Crippen molar-refractivity contribution in [3.05, 3.63) is 33.8 Å². The van der Waals surface area contributed by atoms with Crippen LogP contribution in [0.25, 0.3) is 0 Å². The highest BCUT2D eigenvalue weighted by Gasteiger charge is 2.21. The standard InChI is InChI=1S/C11H10Cl2O4/c12-8-2-6(3-9(13)5-8)1-7(11(16)17)4-10(14)15/h2-3,5,7H,1,4H2,(H,14,15)(H,16,17). The Kier molecular flexibility index (Phi) is 4.78. The van der Waals surface area contributed by atoms with Crippen molar-refractivity contribution >= 4 is 35.1 Å². The van der Waals surface area contributed by atoms with Gasteiger partial charge in [0.05, 0.1) is 12.3 Å². The molecule has 0 aliphatic carbocycles. The summed E-state index contributed by atoms with van der Waals surface area (Å²) in [6.45, 7) is 0. The van der Waals surface area contributed by atoms with Gasteiger partial charge in [0.1, 0.15) is 0 Å². The van der Waals surface area contributed by atoms with Gasteiger partial charge in [0.15, 0.2) is 0 Å². The summed E-state index contributed by atoms with van der Waals surface area (Å²) in [4.78, 5) is 21.4. The molecule has 1 atom stereocenters. The van der Waals surface area contributed by atoms with E-state index >= 15 is 0 Å². The zero-order valence-electron chi connectivity index (χ0n) is 8.69. The summed E-state index contributed by atoms with van der Waals surface area (Å²) in [6.07, 6.45) is -0.346. The summed E-state index contributed by atoms with van der Waals surface area (Å²) in [6, 6.07) is 4.68. The number of hydrogen-bond donors (Lipinski definition) is 2. The quantitative estimate of drug-likeness (QED) is 0.867. The van der Waals surface area contributed by atoms with E-state index < -0.39 is 24.3 Å². The molecule has 0 bridgehead atoms. The molecule has 0 heterocycles. The van der Waals surface area contributed by atoms with Crippen LogP contribution in [-0.2, 0) is 16.0 Å². The van der Waals surface area contributed by atoms with E-state index in [-0.39, 0.29) is 6.42 Å². The molecule has 4 nitrogen and oxygen atoms in total. The lowest BCUT2D eigenvalue weighted by atomic mass is 9.96. The van der Waals surface area contributed by atoms with Gasteiger partial charge in [0, 0.05) is 10.0 Å². The Hall–Kier alpha value is -1.26. The van der Waals surface area contributed by atoms with Gasteiger partial charge in [-0.15, -0.1) is 0 Å². The third kappa shape index (κ3) is 4.63. The average Bonchev–Trinajstić information content (AvgIpc) is 2.13. The summed E-state index contributed by atoms with van der Waals surface area (Å²) in [7, 11) is 0. The van der Waals surface area contributed by atoms with Gasteiger partial charge < -0.3 is 10.2 Å². The number of aliphatic carboxylic acids is 2. The highest BCUT2D eigenvalue weighted by Crippen LogP contribution is 2.22. The van der Waals surface area contributed by atoms with Crippen molar-refractivity contribution in [1.82, 2.24) is 0 Å². The molecule has 17 heavy (non-hydrogen) atoms. The van der Waals surface area contributed by atoms with E-state index in [1.54, 1.807) is 12.1 Å². The third-order valence-corrected chi connectivity index (χ3v) is 2.61. The second kappa shape index (κ2) is 5.89. The highest BCUT2D eigenvalue weighted by atomic mass is 35.5. The smallest absolute Gasteiger partial charge is 0.307 e. The first-order chi connectivity index (χ1) is 7.88. The fourth-order valence-corrected chi connectivity index (χ4v) is 2.04. The molecule has 1 aromatic carbocycles. The predicted octanol–water partition coefficient (Wildman–Crippen LogP) is 2.71. The number of carboxylic acid groups (broad SMARTS) is 2. The Bertz CT molecular complexity index is 425. The Morgan fingerprint density at radius 3 is 2.06 bits per heavy atom. The van der Waals surface area contributed by atoms with Crippen LogP contribution in [0.2, 0.25) is 10.0 Å². The largest absolute Gasteiger partial charge is 0.481 e. The first-order valence-electron chi connectivity index (χ1n) is 4.78. The Balaban J connectivity index is 2.85. The first kappa shape index (κ1) is 13.8. The predicted molar refractivity (Wildman–Crippen MR) is 63.5 cm³/mol. The summed E-state index contributed by atoms with van der Waals surface area (Å²) < 4.78 is 0. The van der Waals surface area contributed by atoms with Crippen LogP contribution < -0.4 is 0 Å². The van der Waals surface area contributed by atoms with Crippen molar-refractivity contribution in [2.45, 2.75) is 12.8 Å². The fourth-order valence-electron chi connectivity index (χ4n) is 1.47. The lowest BCUT2D eigenvalue weighted by Crippen LogP contribution is -2.20. The van der Waals surface area contributed by atoms with E-state index in [4.69, 9.17) is 33.4 Å². The lowest BCUT2D eigenvalue weighted by Gasteiger charge is -2.10. The summed E-state index contributed by atoms with van der Waals surface area (Å²) in [5.41, 5.74) is 0.608. The maximum Gasteiger partial charge on any atom is 0.307 e. The Morgan fingerprint density at radius 1 is 1.12 bits per heavy atom. The van der Waals surface area contributed by atoms with E-state index in [0.717, 1.165) is 0 Å². The van der Waals surface area contributed by atoms with Crippen molar-refractivity contribution in [1.29, 1.82) is 0 Å². The van der Waals surface area contributed by atoms with Crippen LogP contribution in [0.3, 0.4) is 0 Å². The maximum atomic E-state index is 10.9. The molecule has 0 aliphatic rings. The van der Waals surface area contributed by atoms with Crippen LogP contribution in [0, 0.1) is 5.92 Å². The molecule has 1 unspecified atom stereocenters. The molecule has 0 saturated heterocycles. The Labute approximate surface area is 108 Å². The zero-order chi connectivity index (χ0) is 13.0. The SMILES string of the molecule is O=C(O)CC(Cc1cc(Cl)cc(Cl)c1)C(=O)O. The summed E-state index contributed by atoms with van der Waals surface area (Å²) >= 11 is 11.5. The van der Waals surface area contributed by atoms with E-state index in [1.165, 1.54) is 6.07 Å². The molecule has 0 radical (unpaired) electrons. The molecule has 0 amide bonds. The van der Waals surface area contributed by atoms with Crippen molar-refractivity contribution < 1.29 is 19.8 Å². The van der Waals surface area contributed by atoms with Crippen LogP contribution in [-0.4, -0.2) is 22.2 Å². The molecule has 0 aliphatic heterocycles. The van der Waals surface area contributed by atoms with E-state index in [0.29, 0.717) is 15.6 Å². The molecule has 6 heteroatoms. The maximum absolute atomic E-state index is 10.9. The minimum atomic E-state index is -1.15. The fraction of sp³-hybridized carbons (Fsp3) is 0.273. The molecule has 0 spiro atoms. The minimum absolute atomic E-state index is 0.0852. The monoisotopic (exact) mass is 276 g/mol. The molecule has 0 aromatic heterocycles. The number of rotatable bonds is 5. The average molecular weight is 277 g/mol. The number of halogens is 2. The molecular formula is C11H10Cl2O4. The van der Waals surface area contributed by atoms with Gasteiger partial charge in [-0.1, -0.05) is 23.2 Å². The molecule has 1 aromatic rings. The second-order valence-electron chi connectivity index (χ2n) is 3.61. The zero-order valence-corrected chi connectivity index (χ0v) is 10.2. The molecule has 0 fully saturated rings. The van der Waals surface area contributed by atoms with Crippen molar-refractivity contribution in [2.24, 2.45) is 5.92 Å². The number of benzene rings is 1.